The van der Waals surface area contributed by atoms with Gasteiger partial charge in [0.05, 0.1) is 18.0 Å². The molecule has 1 aromatic heterocycles. The molecule has 0 saturated carbocycles. The number of hydrogen-bond donors (Lipinski definition) is 1. The average Bonchev–Trinajstić information content (AvgIpc) is 3.11. The summed E-state index contributed by atoms with van der Waals surface area (Å²) < 4.78 is 7.00. The van der Waals surface area contributed by atoms with Gasteiger partial charge in [0, 0.05) is 5.56 Å². The first-order valence-corrected chi connectivity index (χ1v) is 7.14. The Morgan fingerprint density at radius 2 is 2.09 bits per heavy atom. The van der Waals surface area contributed by atoms with Crippen LogP contribution >= 0.6 is 0 Å². The van der Waals surface area contributed by atoms with E-state index in [4.69, 9.17) is 4.74 Å². The molecule has 0 atom stereocenters. The Bertz CT molecular complexity index is 802. The second kappa shape index (κ2) is 6.69. The summed E-state index contributed by atoms with van der Waals surface area (Å²) in [5, 5.41) is 13.8. The van der Waals surface area contributed by atoms with E-state index in [-0.39, 0.29) is 5.91 Å². The van der Waals surface area contributed by atoms with E-state index in [0.29, 0.717) is 29.3 Å². The van der Waals surface area contributed by atoms with E-state index in [9.17, 15) is 4.79 Å². The minimum Gasteiger partial charge on any atom is -0.492 e. The van der Waals surface area contributed by atoms with Crippen molar-refractivity contribution in [2.75, 3.05) is 11.9 Å². The van der Waals surface area contributed by atoms with Crippen molar-refractivity contribution in [3.05, 3.63) is 60.4 Å². The first-order valence-electron chi connectivity index (χ1n) is 7.14. The molecule has 0 aliphatic heterocycles. The molecule has 7 heteroatoms. The summed E-state index contributed by atoms with van der Waals surface area (Å²) in [4.78, 5) is 12.5. The van der Waals surface area contributed by atoms with Gasteiger partial charge in [-0.05, 0) is 47.7 Å². The number of aromatic nitrogens is 4. The molecule has 0 bridgehead atoms. The van der Waals surface area contributed by atoms with Crippen molar-refractivity contribution in [1.82, 2.24) is 20.2 Å². The molecule has 0 radical (unpaired) electrons. The first-order chi connectivity index (χ1) is 11.3. The third-order valence-corrected chi connectivity index (χ3v) is 3.16. The number of nitrogens with zero attached hydrogens (tertiary/aromatic N) is 4. The maximum atomic E-state index is 12.5. The van der Waals surface area contributed by atoms with E-state index in [0.717, 1.165) is 0 Å². The minimum absolute atomic E-state index is 0.230. The molecule has 1 heterocycles. The molecule has 0 spiro atoms. The average molecular weight is 309 g/mol. The number of tetrazole rings is 1. The Balaban J connectivity index is 1.83. The maximum absolute atomic E-state index is 12.5. The van der Waals surface area contributed by atoms with Crippen LogP contribution in [0.2, 0.25) is 0 Å². The number of para-hydroxylation sites is 2. The zero-order chi connectivity index (χ0) is 16.1. The topological polar surface area (TPSA) is 81.9 Å². The molecular formula is C16H15N5O2. The highest BCUT2D eigenvalue weighted by atomic mass is 16.5. The van der Waals surface area contributed by atoms with E-state index >= 15 is 0 Å². The van der Waals surface area contributed by atoms with E-state index < -0.39 is 0 Å². The zero-order valence-electron chi connectivity index (χ0n) is 12.5. The lowest BCUT2D eigenvalue weighted by atomic mass is 10.2. The number of hydrogen-bond acceptors (Lipinski definition) is 5. The zero-order valence-corrected chi connectivity index (χ0v) is 12.5. The first kappa shape index (κ1) is 14.7. The summed E-state index contributed by atoms with van der Waals surface area (Å²) in [5.41, 5.74) is 1.84. The smallest absolute Gasteiger partial charge is 0.255 e. The molecule has 1 N–H and O–H groups in total. The third-order valence-electron chi connectivity index (χ3n) is 3.16. The summed E-state index contributed by atoms with van der Waals surface area (Å²) >= 11 is 0. The summed E-state index contributed by atoms with van der Waals surface area (Å²) in [5.74, 6) is 0.409. The van der Waals surface area contributed by atoms with E-state index in [1.165, 1.54) is 11.0 Å². The van der Waals surface area contributed by atoms with Gasteiger partial charge in [0.2, 0.25) is 0 Å². The lowest BCUT2D eigenvalue weighted by molar-refractivity contribution is 0.102. The molecule has 23 heavy (non-hydrogen) atoms. The van der Waals surface area contributed by atoms with Gasteiger partial charge in [0.15, 0.2) is 0 Å². The van der Waals surface area contributed by atoms with Crippen LogP contribution in [0.1, 0.15) is 17.3 Å². The quantitative estimate of drug-likeness (QED) is 0.782. The predicted octanol–water partition coefficient (Wildman–Crippen LogP) is 2.31. The van der Waals surface area contributed by atoms with Crippen LogP contribution in [-0.4, -0.2) is 32.7 Å². The lowest BCUT2D eigenvalue weighted by Gasteiger charge is -2.11. The van der Waals surface area contributed by atoms with Gasteiger partial charge in [-0.3, -0.25) is 4.79 Å². The number of carbonyl (C=O) groups is 1. The Labute approximate surface area is 132 Å². The van der Waals surface area contributed by atoms with Crippen LogP contribution in [0.15, 0.2) is 54.9 Å². The number of amides is 1. The minimum atomic E-state index is -0.230. The van der Waals surface area contributed by atoms with E-state index in [1.54, 1.807) is 24.3 Å². The van der Waals surface area contributed by atoms with Crippen molar-refractivity contribution in [2.24, 2.45) is 0 Å². The Morgan fingerprint density at radius 3 is 2.87 bits per heavy atom. The number of anilines is 1. The highest BCUT2D eigenvalue weighted by molar-refractivity contribution is 6.05. The highest BCUT2D eigenvalue weighted by Gasteiger charge is 2.11. The summed E-state index contributed by atoms with van der Waals surface area (Å²) in [6.45, 7) is 2.43. The second-order valence-electron chi connectivity index (χ2n) is 4.69. The van der Waals surface area contributed by atoms with Gasteiger partial charge < -0.3 is 10.1 Å². The largest absolute Gasteiger partial charge is 0.492 e. The third kappa shape index (κ3) is 3.34. The van der Waals surface area contributed by atoms with Crippen molar-refractivity contribution in [3.63, 3.8) is 0 Å². The van der Waals surface area contributed by atoms with Crippen LogP contribution in [0.25, 0.3) is 5.69 Å². The summed E-state index contributed by atoms with van der Waals surface area (Å²) in [6.07, 6.45) is 1.47. The standard InChI is InChI=1S/C16H15N5O2/c1-2-23-15-9-4-3-8-14(15)18-16(22)12-6-5-7-13(10-12)21-11-17-19-20-21/h3-11H,2H2,1H3,(H,18,22). The number of nitrogens with one attached hydrogen (secondary N) is 1. The summed E-state index contributed by atoms with van der Waals surface area (Å²) in [7, 11) is 0. The monoisotopic (exact) mass is 309 g/mol. The second-order valence-corrected chi connectivity index (χ2v) is 4.69. The fourth-order valence-electron chi connectivity index (χ4n) is 2.12. The fraction of sp³-hybridized carbons (Fsp3) is 0.125. The van der Waals surface area contributed by atoms with Crippen molar-refractivity contribution >= 4 is 11.6 Å². The van der Waals surface area contributed by atoms with Gasteiger partial charge in [-0.1, -0.05) is 18.2 Å². The SMILES string of the molecule is CCOc1ccccc1NC(=O)c1cccc(-n2cnnn2)c1. The molecule has 116 valence electrons. The van der Waals surface area contributed by atoms with Crippen LogP contribution in [0.5, 0.6) is 5.75 Å². The number of rotatable bonds is 5. The Hall–Kier alpha value is -3.22. The van der Waals surface area contributed by atoms with Crippen molar-refractivity contribution in [1.29, 1.82) is 0 Å². The number of benzene rings is 2. The molecule has 0 fully saturated rings. The number of carbonyl (C=O) groups excluding carboxylic acids is 1. The van der Waals surface area contributed by atoms with E-state index in [1.807, 2.05) is 31.2 Å². The Morgan fingerprint density at radius 1 is 1.22 bits per heavy atom. The molecule has 7 nitrogen and oxygen atoms in total. The molecule has 1 amide bonds. The molecule has 3 aromatic rings. The van der Waals surface area contributed by atoms with Crippen LogP contribution in [0.3, 0.4) is 0 Å². The van der Waals surface area contributed by atoms with Gasteiger partial charge in [0.25, 0.3) is 5.91 Å². The molecule has 0 aliphatic rings. The Kier molecular flexibility index (Phi) is 4.28. The lowest BCUT2D eigenvalue weighted by Crippen LogP contribution is -2.13. The van der Waals surface area contributed by atoms with Gasteiger partial charge in [0.1, 0.15) is 12.1 Å². The summed E-state index contributed by atoms with van der Waals surface area (Å²) in [6, 6.07) is 14.4. The predicted molar refractivity (Wildman–Crippen MR) is 84.7 cm³/mol. The maximum Gasteiger partial charge on any atom is 0.255 e. The van der Waals surface area contributed by atoms with E-state index in [2.05, 4.69) is 20.8 Å². The van der Waals surface area contributed by atoms with Crippen LogP contribution in [0.4, 0.5) is 5.69 Å². The van der Waals surface area contributed by atoms with Crippen molar-refractivity contribution in [2.45, 2.75) is 6.92 Å². The van der Waals surface area contributed by atoms with Crippen LogP contribution in [-0.2, 0) is 0 Å². The normalized spacial score (nSPS) is 10.3. The van der Waals surface area contributed by atoms with Crippen LogP contribution < -0.4 is 10.1 Å². The van der Waals surface area contributed by atoms with Gasteiger partial charge in [-0.2, -0.15) is 0 Å². The number of ether oxygens (including phenoxy) is 1. The molecule has 2 aromatic carbocycles. The molecule has 0 aliphatic carbocycles. The molecular weight excluding hydrogens is 294 g/mol. The van der Waals surface area contributed by atoms with Gasteiger partial charge in [-0.15, -0.1) is 5.10 Å². The van der Waals surface area contributed by atoms with Gasteiger partial charge >= 0.3 is 0 Å². The van der Waals surface area contributed by atoms with Gasteiger partial charge in [-0.25, -0.2) is 4.68 Å². The molecule has 0 saturated heterocycles. The van der Waals surface area contributed by atoms with Crippen molar-refractivity contribution < 1.29 is 9.53 Å². The van der Waals surface area contributed by atoms with Crippen molar-refractivity contribution in [3.8, 4) is 11.4 Å². The molecule has 0 unspecified atom stereocenters. The molecule has 3 rings (SSSR count). The fourth-order valence-corrected chi connectivity index (χ4v) is 2.12. The highest BCUT2D eigenvalue weighted by Crippen LogP contribution is 2.24. The van der Waals surface area contributed by atoms with Crippen LogP contribution in [0, 0.1) is 0 Å².